The molecule has 0 amide bonds. The first kappa shape index (κ1) is 12.7. The number of hydrogen-bond acceptors (Lipinski definition) is 4. The molecule has 0 aliphatic rings. The maximum Gasteiger partial charge on any atom is 0.184 e. The summed E-state index contributed by atoms with van der Waals surface area (Å²) >= 11 is 5.81. The van der Waals surface area contributed by atoms with Crippen molar-refractivity contribution in [1.82, 2.24) is 14.5 Å². The summed E-state index contributed by atoms with van der Waals surface area (Å²) in [4.78, 5) is 8.47. The molecule has 2 aromatic heterocycles. The largest absolute Gasteiger partial charge is 0.493 e. The lowest BCUT2D eigenvalue weighted by atomic mass is 10.3. The van der Waals surface area contributed by atoms with Gasteiger partial charge in [-0.15, -0.1) is 11.6 Å². The molecule has 18 heavy (non-hydrogen) atoms. The number of imidazole rings is 1. The van der Waals surface area contributed by atoms with Gasteiger partial charge < -0.3 is 14.0 Å². The minimum atomic E-state index is 0.360. The highest BCUT2D eigenvalue weighted by atomic mass is 35.5. The second-order valence-electron chi connectivity index (χ2n) is 3.60. The molecule has 2 aromatic rings. The summed E-state index contributed by atoms with van der Waals surface area (Å²) in [6.07, 6.45) is 5.26. The Morgan fingerprint density at radius 2 is 2.06 bits per heavy atom. The third-order valence-electron chi connectivity index (χ3n) is 2.61. The summed E-state index contributed by atoms with van der Waals surface area (Å²) in [5.41, 5.74) is 0.779. The molecule has 0 bridgehead atoms. The molecule has 96 valence electrons. The predicted molar refractivity (Wildman–Crippen MR) is 68.2 cm³/mol. The molecule has 0 atom stereocenters. The van der Waals surface area contributed by atoms with E-state index in [4.69, 9.17) is 21.1 Å². The molecule has 2 rings (SSSR count). The molecule has 0 aliphatic carbocycles. The van der Waals surface area contributed by atoms with E-state index >= 15 is 0 Å². The van der Waals surface area contributed by atoms with Crippen molar-refractivity contribution in [2.24, 2.45) is 0 Å². The fraction of sp³-hybridized carbons (Fsp3) is 0.333. The Kier molecular flexibility index (Phi) is 4.04. The Hall–Kier alpha value is -1.75. The average Bonchev–Trinajstić information content (AvgIpc) is 2.85. The first-order valence-corrected chi connectivity index (χ1v) is 5.95. The van der Waals surface area contributed by atoms with Gasteiger partial charge >= 0.3 is 0 Å². The quantitative estimate of drug-likeness (QED) is 0.779. The van der Waals surface area contributed by atoms with E-state index in [-0.39, 0.29) is 0 Å². The number of alkyl halides is 1. The van der Waals surface area contributed by atoms with E-state index in [1.165, 1.54) is 0 Å². The lowest BCUT2D eigenvalue weighted by Gasteiger charge is -2.12. The number of halogens is 1. The van der Waals surface area contributed by atoms with Gasteiger partial charge in [-0.1, -0.05) is 0 Å². The van der Waals surface area contributed by atoms with Gasteiger partial charge in [0.2, 0.25) is 0 Å². The predicted octanol–water partition coefficient (Wildman–Crippen LogP) is 2.08. The molecule has 5 nitrogen and oxygen atoms in total. The topological polar surface area (TPSA) is 49.2 Å². The highest BCUT2D eigenvalue weighted by Crippen LogP contribution is 2.29. The van der Waals surface area contributed by atoms with Gasteiger partial charge in [-0.3, -0.25) is 4.98 Å². The number of pyridine rings is 1. The van der Waals surface area contributed by atoms with Crippen molar-refractivity contribution in [3.05, 3.63) is 36.2 Å². The molecule has 6 heteroatoms. The Morgan fingerprint density at radius 1 is 1.22 bits per heavy atom. The highest BCUT2D eigenvalue weighted by Gasteiger charge is 2.12. The van der Waals surface area contributed by atoms with Gasteiger partial charge in [-0.25, -0.2) is 4.98 Å². The second-order valence-corrected chi connectivity index (χ2v) is 3.87. The van der Waals surface area contributed by atoms with E-state index in [1.54, 1.807) is 32.7 Å². The molecule has 0 saturated heterocycles. The summed E-state index contributed by atoms with van der Waals surface area (Å²) in [6.45, 7) is 0.544. The van der Waals surface area contributed by atoms with Crippen LogP contribution in [0.15, 0.2) is 24.7 Å². The number of nitrogens with zero attached hydrogens (tertiary/aromatic N) is 3. The summed E-state index contributed by atoms with van der Waals surface area (Å²) < 4.78 is 12.5. The van der Waals surface area contributed by atoms with Gasteiger partial charge in [0, 0.05) is 24.7 Å². The van der Waals surface area contributed by atoms with Gasteiger partial charge in [0.25, 0.3) is 0 Å². The van der Waals surface area contributed by atoms with Crippen LogP contribution in [-0.4, -0.2) is 28.8 Å². The first-order valence-electron chi connectivity index (χ1n) is 5.42. The number of methoxy groups -OCH3 is 2. The number of rotatable bonds is 5. The normalized spacial score (nSPS) is 10.4. The van der Waals surface area contributed by atoms with E-state index < -0.39 is 0 Å². The van der Waals surface area contributed by atoms with E-state index in [9.17, 15) is 0 Å². The molecule has 0 unspecified atom stereocenters. The van der Waals surface area contributed by atoms with Crippen LogP contribution in [0.4, 0.5) is 0 Å². The van der Waals surface area contributed by atoms with Gasteiger partial charge in [0.1, 0.15) is 11.5 Å². The summed E-state index contributed by atoms with van der Waals surface area (Å²) in [7, 11) is 3.20. The van der Waals surface area contributed by atoms with E-state index in [1.807, 2.05) is 10.8 Å². The van der Waals surface area contributed by atoms with Crippen LogP contribution in [0.25, 0.3) is 0 Å². The van der Waals surface area contributed by atoms with E-state index in [0.29, 0.717) is 23.9 Å². The Morgan fingerprint density at radius 3 is 2.72 bits per heavy atom. The lowest BCUT2D eigenvalue weighted by molar-refractivity contribution is 0.348. The van der Waals surface area contributed by atoms with E-state index in [2.05, 4.69) is 9.97 Å². The maximum absolute atomic E-state index is 5.81. The molecule has 0 aromatic carbocycles. The second kappa shape index (κ2) is 5.73. The first-order chi connectivity index (χ1) is 8.80. The third kappa shape index (κ3) is 2.41. The Bertz CT molecular complexity index is 528. The zero-order valence-corrected chi connectivity index (χ0v) is 11.0. The summed E-state index contributed by atoms with van der Waals surface area (Å²) in [5.74, 6) is 2.45. The van der Waals surface area contributed by atoms with Crippen LogP contribution in [0, 0.1) is 0 Å². The molecule has 0 spiro atoms. The minimum absolute atomic E-state index is 0.360. The number of aromatic nitrogens is 3. The van der Waals surface area contributed by atoms with Crippen molar-refractivity contribution < 1.29 is 9.47 Å². The zero-order chi connectivity index (χ0) is 13.0. The Labute approximate surface area is 110 Å². The molecule has 0 N–H and O–H groups in total. The molecule has 2 heterocycles. The minimum Gasteiger partial charge on any atom is -0.493 e. The number of ether oxygens (including phenoxy) is 2. The third-order valence-corrected chi connectivity index (χ3v) is 2.85. The summed E-state index contributed by atoms with van der Waals surface area (Å²) in [6, 6.07) is 1.76. The maximum atomic E-state index is 5.81. The average molecular weight is 268 g/mol. The van der Waals surface area contributed by atoms with Crippen LogP contribution in [0.3, 0.4) is 0 Å². The van der Waals surface area contributed by atoms with Crippen LogP contribution in [-0.2, 0) is 12.4 Å². The number of hydrogen-bond donors (Lipinski definition) is 0. The van der Waals surface area contributed by atoms with Crippen LogP contribution >= 0.6 is 11.6 Å². The van der Waals surface area contributed by atoms with Crippen LogP contribution in [0.1, 0.15) is 11.5 Å². The van der Waals surface area contributed by atoms with Gasteiger partial charge in [0.15, 0.2) is 11.5 Å². The fourth-order valence-electron chi connectivity index (χ4n) is 1.74. The molecular weight excluding hydrogens is 254 g/mol. The van der Waals surface area contributed by atoms with Crippen molar-refractivity contribution >= 4 is 11.6 Å². The molecule has 0 radical (unpaired) electrons. The SMILES string of the molecule is COc1ccnc(Cn2ccnc2CCl)c1OC. The van der Waals surface area contributed by atoms with Crippen molar-refractivity contribution in [3.63, 3.8) is 0 Å². The van der Waals surface area contributed by atoms with Crippen molar-refractivity contribution in [2.75, 3.05) is 14.2 Å². The smallest absolute Gasteiger partial charge is 0.184 e. The fourth-order valence-corrected chi connectivity index (χ4v) is 1.96. The van der Waals surface area contributed by atoms with Crippen LogP contribution in [0.5, 0.6) is 11.5 Å². The standard InChI is InChI=1S/C12H14ClN3O2/c1-17-10-3-4-14-9(12(10)18-2)8-16-6-5-15-11(16)7-13/h3-6H,7-8H2,1-2H3. The van der Waals surface area contributed by atoms with Crippen molar-refractivity contribution in [3.8, 4) is 11.5 Å². The van der Waals surface area contributed by atoms with Crippen LogP contribution in [0.2, 0.25) is 0 Å². The highest BCUT2D eigenvalue weighted by molar-refractivity contribution is 6.16. The zero-order valence-electron chi connectivity index (χ0n) is 10.3. The van der Waals surface area contributed by atoms with Gasteiger partial charge in [-0.05, 0) is 0 Å². The molecule has 0 saturated carbocycles. The lowest BCUT2D eigenvalue weighted by Crippen LogP contribution is -2.07. The molecule has 0 aliphatic heterocycles. The summed E-state index contributed by atoms with van der Waals surface area (Å²) in [5, 5.41) is 0. The molecule has 0 fully saturated rings. The van der Waals surface area contributed by atoms with Crippen LogP contribution < -0.4 is 9.47 Å². The van der Waals surface area contributed by atoms with Gasteiger partial charge in [-0.2, -0.15) is 0 Å². The van der Waals surface area contributed by atoms with E-state index in [0.717, 1.165) is 11.5 Å². The van der Waals surface area contributed by atoms with Gasteiger partial charge in [0.05, 0.1) is 26.6 Å². The molecular formula is C12H14ClN3O2. The monoisotopic (exact) mass is 267 g/mol. The van der Waals surface area contributed by atoms with Crippen molar-refractivity contribution in [2.45, 2.75) is 12.4 Å². The Balaban J connectivity index is 2.34. The van der Waals surface area contributed by atoms with Crippen molar-refractivity contribution in [1.29, 1.82) is 0 Å².